The Bertz CT molecular complexity index is 645. The molecule has 1 aliphatic rings. The molecule has 0 N–H and O–H groups in total. The van der Waals surface area contributed by atoms with E-state index in [1.165, 1.54) is 22.5 Å². The molecule has 0 bridgehead atoms. The minimum absolute atomic E-state index is 0.0121. The highest BCUT2D eigenvalue weighted by molar-refractivity contribution is 7.89. The molecule has 0 atom stereocenters. The number of halogens is 1. The maximum atomic E-state index is 12.6. The van der Waals surface area contributed by atoms with Crippen LogP contribution in [-0.4, -0.2) is 25.3 Å². The van der Waals surface area contributed by atoms with Gasteiger partial charge in [-0.1, -0.05) is 17.7 Å². The molecular weight excluding hydrogens is 284 g/mol. The van der Waals surface area contributed by atoms with E-state index in [1.807, 2.05) is 6.07 Å². The van der Waals surface area contributed by atoms with Gasteiger partial charge in [0.15, 0.2) is 0 Å². The van der Waals surface area contributed by atoms with Gasteiger partial charge in [-0.15, -0.1) is 6.58 Å². The summed E-state index contributed by atoms with van der Waals surface area (Å²) in [5, 5.41) is 9.00. The van der Waals surface area contributed by atoms with Crippen molar-refractivity contribution in [2.24, 2.45) is 0 Å². The molecule has 1 aromatic rings. The number of hydrogen-bond acceptors (Lipinski definition) is 3. The monoisotopic (exact) mass is 296 g/mol. The second-order valence-electron chi connectivity index (χ2n) is 4.35. The van der Waals surface area contributed by atoms with Crippen molar-refractivity contribution in [3.05, 3.63) is 41.4 Å². The summed E-state index contributed by atoms with van der Waals surface area (Å²) in [6, 6.07) is 6.19. The van der Waals surface area contributed by atoms with Crippen LogP contribution in [0.1, 0.15) is 18.4 Å². The van der Waals surface area contributed by atoms with Gasteiger partial charge in [0.05, 0.1) is 16.7 Å². The molecule has 1 aliphatic carbocycles. The highest BCUT2D eigenvalue weighted by atomic mass is 35.5. The largest absolute Gasteiger partial charge is 0.245 e. The van der Waals surface area contributed by atoms with E-state index >= 15 is 0 Å². The summed E-state index contributed by atoms with van der Waals surface area (Å²) in [4.78, 5) is -0.0121. The van der Waals surface area contributed by atoms with Gasteiger partial charge >= 0.3 is 0 Å². The minimum Gasteiger partial charge on any atom is -0.207 e. The molecule has 0 amide bonds. The molecule has 0 saturated heterocycles. The van der Waals surface area contributed by atoms with Crippen LogP contribution in [0.15, 0.2) is 35.7 Å². The summed E-state index contributed by atoms with van der Waals surface area (Å²) in [5.41, 5.74) is 0.275. The fourth-order valence-corrected chi connectivity index (χ4v) is 3.99. The summed E-state index contributed by atoms with van der Waals surface area (Å²) in [5.74, 6) is 0. The Labute approximate surface area is 118 Å². The van der Waals surface area contributed by atoms with Gasteiger partial charge in [0, 0.05) is 12.6 Å². The molecule has 2 rings (SSSR count). The van der Waals surface area contributed by atoms with Gasteiger partial charge in [0.1, 0.15) is 4.90 Å². The number of nitriles is 1. The molecule has 1 aromatic carbocycles. The summed E-state index contributed by atoms with van der Waals surface area (Å²) >= 11 is 5.97. The molecule has 0 spiro atoms. The normalized spacial score (nSPS) is 15.2. The molecule has 100 valence electrons. The van der Waals surface area contributed by atoms with Crippen molar-refractivity contribution >= 4 is 21.6 Å². The zero-order chi connectivity index (χ0) is 14.0. The van der Waals surface area contributed by atoms with Crippen molar-refractivity contribution in [2.75, 3.05) is 6.54 Å². The quantitative estimate of drug-likeness (QED) is 0.785. The van der Waals surface area contributed by atoms with E-state index in [0.29, 0.717) is 0 Å². The Morgan fingerprint density at radius 1 is 1.53 bits per heavy atom. The average molecular weight is 297 g/mol. The SMILES string of the molecule is C=CCN(C1CC1)S(=O)(=O)c1cc(C#N)ccc1Cl. The minimum atomic E-state index is -3.68. The fourth-order valence-electron chi connectivity index (χ4n) is 1.83. The van der Waals surface area contributed by atoms with Crippen molar-refractivity contribution in [2.45, 2.75) is 23.8 Å². The molecule has 1 fully saturated rings. The summed E-state index contributed by atoms with van der Waals surface area (Å²) < 4.78 is 26.5. The predicted octanol–water partition coefficient (Wildman–Crippen LogP) is 2.55. The van der Waals surface area contributed by atoms with Crippen LogP contribution in [0.5, 0.6) is 0 Å². The van der Waals surface area contributed by atoms with Crippen molar-refractivity contribution in [3.63, 3.8) is 0 Å². The van der Waals surface area contributed by atoms with E-state index in [2.05, 4.69) is 6.58 Å². The van der Waals surface area contributed by atoms with Crippen LogP contribution < -0.4 is 0 Å². The van der Waals surface area contributed by atoms with Crippen LogP contribution in [0.3, 0.4) is 0 Å². The van der Waals surface area contributed by atoms with Gasteiger partial charge in [-0.2, -0.15) is 9.57 Å². The van der Waals surface area contributed by atoms with Crippen molar-refractivity contribution < 1.29 is 8.42 Å². The van der Waals surface area contributed by atoms with Crippen molar-refractivity contribution in [3.8, 4) is 6.07 Å². The highest BCUT2D eigenvalue weighted by Gasteiger charge is 2.38. The van der Waals surface area contributed by atoms with E-state index in [4.69, 9.17) is 16.9 Å². The van der Waals surface area contributed by atoms with Gasteiger partial charge in [-0.25, -0.2) is 8.42 Å². The van der Waals surface area contributed by atoms with Gasteiger partial charge in [-0.3, -0.25) is 0 Å². The van der Waals surface area contributed by atoms with Crippen LogP contribution in [0.2, 0.25) is 5.02 Å². The third-order valence-electron chi connectivity index (χ3n) is 2.91. The van der Waals surface area contributed by atoms with Crippen molar-refractivity contribution in [1.29, 1.82) is 5.26 Å². The molecule has 0 radical (unpaired) electrons. The highest BCUT2D eigenvalue weighted by Crippen LogP contribution is 2.34. The zero-order valence-corrected chi connectivity index (χ0v) is 11.8. The zero-order valence-electron chi connectivity index (χ0n) is 10.2. The Hall–Kier alpha value is -1.35. The third-order valence-corrected chi connectivity index (χ3v) is 5.31. The molecule has 0 aliphatic heterocycles. The van der Waals surface area contributed by atoms with Gasteiger partial charge < -0.3 is 0 Å². The van der Waals surface area contributed by atoms with Gasteiger partial charge in [-0.05, 0) is 31.0 Å². The Balaban J connectivity index is 2.48. The molecule has 6 heteroatoms. The van der Waals surface area contributed by atoms with Crippen LogP contribution >= 0.6 is 11.6 Å². The topological polar surface area (TPSA) is 61.2 Å². The second-order valence-corrected chi connectivity index (χ2v) is 6.62. The fraction of sp³-hybridized carbons (Fsp3) is 0.308. The molecule has 4 nitrogen and oxygen atoms in total. The maximum Gasteiger partial charge on any atom is 0.245 e. The maximum absolute atomic E-state index is 12.6. The Morgan fingerprint density at radius 3 is 2.74 bits per heavy atom. The Morgan fingerprint density at radius 2 is 2.21 bits per heavy atom. The van der Waals surface area contributed by atoms with Crippen LogP contribution in [0.25, 0.3) is 0 Å². The molecule has 0 heterocycles. The molecule has 1 saturated carbocycles. The smallest absolute Gasteiger partial charge is 0.207 e. The lowest BCUT2D eigenvalue weighted by Gasteiger charge is -2.20. The Kier molecular flexibility index (Phi) is 3.95. The van der Waals surface area contributed by atoms with Gasteiger partial charge in [0.2, 0.25) is 10.0 Å². The lowest BCUT2D eigenvalue weighted by atomic mass is 10.2. The van der Waals surface area contributed by atoms with Crippen molar-refractivity contribution in [1.82, 2.24) is 4.31 Å². The number of rotatable bonds is 5. The first-order valence-electron chi connectivity index (χ1n) is 5.83. The van der Waals surface area contributed by atoms with E-state index in [-0.39, 0.29) is 28.1 Å². The van der Waals surface area contributed by atoms with Gasteiger partial charge in [0.25, 0.3) is 0 Å². The summed E-state index contributed by atoms with van der Waals surface area (Å²) in [7, 11) is -3.68. The summed E-state index contributed by atoms with van der Waals surface area (Å²) in [6.07, 6.45) is 3.25. The van der Waals surface area contributed by atoms with E-state index in [9.17, 15) is 8.42 Å². The lowest BCUT2D eigenvalue weighted by molar-refractivity contribution is 0.436. The second kappa shape index (κ2) is 5.33. The van der Waals surface area contributed by atoms with E-state index in [0.717, 1.165) is 12.8 Å². The first-order valence-corrected chi connectivity index (χ1v) is 7.65. The molecule has 0 unspecified atom stereocenters. The first-order chi connectivity index (χ1) is 9.00. The van der Waals surface area contributed by atoms with Crippen LogP contribution in [-0.2, 0) is 10.0 Å². The van der Waals surface area contributed by atoms with Crippen LogP contribution in [0, 0.1) is 11.3 Å². The number of sulfonamides is 1. The molecule has 0 aromatic heterocycles. The molecular formula is C13H13ClN2O2S. The standard InChI is InChI=1S/C13H13ClN2O2S/c1-2-7-16(11-4-5-11)19(17,18)13-8-10(9-15)3-6-12(13)14/h2-3,6,8,11H,1,4-5,7H2. The predicted molar refractivity (Wildman–Crippen MR) is 73.3 cm³/mol. The number of hydrogen-bond donors (Lipinski definition) is 0. The van der Waals surface area contributed by atoms with E-state index in [1.54, 1.807) is 6.08 Å². The number of nitrogens with zero attached hydrogens (tertiary/aromatic N) is 2. The number of benzene rings is 1. The average Bonchev–Trinajstić information content (AvgIpc) is 3.20. The summed E-state index contributed by atoms with van der Waals surface area (Å²) in [6.45, 7) is 3.83. The first kappa shape index (κ1) is 14.1. The van der Waals surface area contributed by atoms with Crippen LogP contribution in [0.4, 0.5) is 0 Å². The van der Waals surface area contributed by atoms with E-state index < -0.39 is 10.0 Å². The molecule has 19 heavy (non-hydrogen) atoms. The lowest BCUT2D eigenvalue weighted by Crippen LogP contribution is -2.33. The third kappa shape index (κ3) is 2.81.